The van der Waals surface area contributed by atoms with Gasteiger partial charge in [0.2, 0.25) is 0 Å². The van der Waals surface area contributed by atoms with Crippen molar-refractivity contribution in [2.75, 3.05) is 18.9 Å². The van der Waals surface area contributed by atoms with Gasteiger partial charge in [0.05, 0.1) is 18.2 Å². The van der Waals surface area contributed by atoms with Gasteiger partial charge in [-0.1, -0.05) is 6.07 Å². The van der Waals surface area contributed by atoms with E-state index in [2.05, 4.69) is 5.32 Å². The Labute approximate surface area is 109 Å². The minimum Gasteiger partial charge on any atom is -0.505 e. The van der Waals surface area contributed by atoms with Crippen LogP contribution in [-0.4, -0.2) is 40.7 Å². The molecule has 0 aromatic heterocycles. The number of nitrogens with one attached hydrogen (secondary N) is 1. The van der Waals surface area contributed by atoms with E-state index in [0.717, 1.165) is 0 Å². The van der Waals surface area contributed by atoms with Gasteiger partial charge in [-0.2, -0.15) is 5.26 Å². The first-order chi connectivity index (χ1) is 8.97. The lowest BCUT2D eigenvalue weighted by atomic mass is 10.1. The Morgan fingerprint density at radius 3 is 2.74 bits per heavy atom. The van der Waals surface area contributed by atoms with Crippen molar-refractivity contribution in [2.45, 2.75) is 6.42 Å². The van der Waals surface area contributed by atoms with Crippen LogP contribution >= 0.6 is 0 Å². The first kappa shape index (κ1) is 14.3. The lowest BCUT2D eigenvalue weighted by Gasteiger charge is -2.17. The Hall–Kier alpha value is -2.75. The van der Waals surface area contributed by atoms with Crippen LogP contribution in [-0.2, 0) is 0 Å². The molecule has 0 aliphatic heterocycles. The van der Waals surface area contributed by atoms with E-state index in [0.29, 0.717) is 0 Å². The van der Waals surface area contributed by atoms with Gasteiger partial charge in [0, 0.05) is 13.6 Å². The van der Waals surface area contributed by atoms with Crippen LogP contribution in [0.1, 0.15) is 16.8 Å². The van der Waals surface area contributed by atoms with Gasteiger partial charge in [-0.15, -0.1) is 0 Å². The molecule has 0 aliphatic rings. The largest absolute Gasteiger partial charge is 0.505 e. The molecule has 0 aliphatic carbocycles. The molecular weight excluding hydrogens is 250 g/mol. The summed E-state index contributed by atoms with van der Waals surface area (Å²) in [5.74, 6) is -1.79. The zero-order chi connectivity index (χ0) is 14.4. The molecule has 100 valence electrons. The van der Waals surface area contributed by atoms with Crippen molar-refractivity contribution in [3.05, 3.63) is 23.8 Å². The van der Waals surface area contributed by atoms with Gasteiger partial charge >= 0.3 is 12.0 Å². The summed E-state index contributed by atoms with van der Waals surface area (Å²) in [5, 5.41) is 29.3. The lowest BCUT2D eigenvalue weighted by molar-refractivity contribution is 0.0693. The maximum Gasteiger partial charge on any atom is 0.339 e. The molecule has 2 amide bonds. The fourth-order valence-corrected chi connectivity index (χ4v) is 1.35. The Morgan fingerprint density at radius 2 is 2.16 bits per heavy atom. The number of aromatic carboxylic acids is 1. The molecule has 0 saturated heterocycles. The van der Waals surface area contributed by atoms with E-state index in [1.807, 2.05) is 6.07 Å². The minimum atomic E-state index is -1.29. The number of carbonyl (C=O) groups excluding carboxylic acids is 1. The summed E-state index contributed by atoms with van der Waals surface area (Å²) in [4.78, 5) is 23.8. The summed E-state index contributed by atoms with van der Waals surface area (Å²) in [6, 6.07) is 5.40. The second-order valence-corrected chi connectivity index (χ2v) is 3.77. The molecule has 0 atom stereocenters. The maximum absolute atomic E-state index is 11.7. The van der Waals surface area contributed by atoms with Crippen molar-refractivity contribution in [3.8, 4) is 11.8 Å². The van der Waals surface area contributed by atoms with E-state index in [-0.39, 0.29) is 24.2 Å². The number of urea groups is 1. The van der Waals surface area contributed by atoms with Gasteiger partial charge < -0.3 is 20.4 Å². The third-order valence-corrected chi connectivity index (χ3v) is 2.41. The van der Waals surface area contributed by atoms with E-state index in [1.54, 1.807) is 0 Å². The van der Waals surface area contributed by atoms with Gasteiger partial charge in [-0.25, -0.2) is 9.59 Å². The van der Waals surface area contributed by atoms with Crippen molar-refractivity contribution in [3.63, 3.8) is 0 Å². The van der Waals surface area contributed by atoms with Crippen LogP contribution in [0.15, 0.2) is 18.2 Å². The van der Waals surface area contributed by atoms with E-state index >= 15 is 0 Å². The van der Waals surface area contributed by atoms with Gasteiger partial charge in [-0.05, 0) is 12.1 Å². The first-order valence-electron chi connectivity index (χ1n) is 5.41. The number of carboxylic acid groups (broad SMARTS) is 1. The van der Waals surface area contributed by atoms with E-state index in [4.69, 9.17) is 10.4 Å². The predicted molar refractivity (Wildman–Crippen MR) is 66.9 cm³/mol. The zero-order valence-corrected chi connectivity index (χ0v) is 10.3. The summed E-state index contributed by atoms with van der Waals surface area (Å²) in [6.07, 6.45) is 0.186. The molecule has 19 heavy (non-hydrogen) atoms. The lowest BCUT2D eigenvalue weighted by Crippen LogP contribution is -2.32. The van der Waals surface area contributed by atoms with Gasteiger partial charge in [0.25, 0.3) is 0 Å². The summed E-state index contributed by atoms with van der Waals surface area (Å²) >= 11 is 0. The third-order valence-electron chi connectivity index (χ3n) is 2.41. The number of carbonyl (C=O) groups is 2. The number of benzene rings is 1. The summed E-state index contributed by atoms with van der Waals surface area (Å²) < 4.78 is 0. The van der Waals surface area contributed by atoms with Crippen LogP contribution in [0.2, 0.25) is 0 Å². The van der Waals surface area contributed by atoms with Crippen LogP contribution in [0.4, 0.5) is 10.5 Å². The van der Waals surface area contributed by atoms with Crippen LogP contribution < -0.4 is 5.32 Å². The fourth-order valence-electron chi connectivity index (χ4n) is 1.35. The average molecular weight is 263 g/mol. The van der Waals surface area contributed by atoms with Crippen molar-refractivity contribution in [2.24, 2.45) is 0 Å². The topological polar surface area (TPSA) is 114 Å². The molecule has 7 nitrogen and oxygen atoms in total. The molecule has 0 heterocycles. The van der Waals surface area contributed by atoms with Crippen LogP contribution in [0, 0.1) is 11.3 Å². The third kappa shape index (κ3) is 3.61. The Bertz CT molecular complexity index is 536. The highest BCUT2D eigenvalue weighted by atomic mass is 16.4. The molecule has 1 aromatic carbocycles. The smallest absolute Gasteiger partial charge is 0.339 e. The maximum atomic E-state index is 11.7. The molecule has 7 heteroatoms. The van der Waals surface area contributed by atoms with Crippen molar-refractivity contribution < 1.29 is 19.8 Å². The number of hydrogen-bond donors (Lipinski definition) is 3. The van der Waals surface area contributed by atoms with Crippen molar-refractivity contribution >= 4 is 17.7 Å². The number of carboxylic acids is 1. The number of rotatable bonds is 4. The standard InChI is InChI=1S/C12H13N3O4/c1-15(7-3-6-13)12(19)14-9-5-2-4-8(10(9)16)11(17)18/h2,4-5,16H,3,7H2,1H3,(H,14,19)(H,17,18). The van der Waals surface area contributed by atoms with Gasteiger partial charge in [-0.3, -0.25) is 0 Å². The molecule has 0 bridgehead atoms. The molecule has 1 aromatic rings. The Kier molecular flexibility index (Phi) is 4.71. The van der Waals surface area contributed by atoms with Crippen LogP contribution in [0.25, 0.3) is 0 Å². The highest BCUT2D eigenvalue weighted by molar-refractivity contribution is 5.97. The highest BCUT2D eigenvalue weighted by Crippen LogP contribution is 2.27. The molecule has 0 spiro atoms. The second-order valence-electron chi connectivity index (χ2n) is 3.77. The van der Waals surface area contributed by atoms with E-state index in [1.165, 1.54) is 30.1 Å². The second kappa shape index (κ2) is 6.26. The molecule has 0 saturated carbocycles. The number of aromatic hydroxyl groups is 1. The van der Waals surface area contributed by atoms with E-state index < -0.39 is 17.7 Å². The monoisotopic (exact) mass is 263 g/mol. The SMILES string of the molecule is CN(CCC#N)C(=O)Nc1cccc(C(=O)O)c1O. The number of para-hydroxylation sites is 1. The summed E-state index contributed by atoms with van der Waals surface area (Å²) in [5.41, 5.74) is -0.286. The first-order valence-corrected chi connectivity index (χ1v) is 5.41. The number of hydrogen-bond acceptors (Lipinski definition) is 4. The highest BCUT2D eigenvalue weighted by Gasteiger charge is 2.16. The molecular formula is C12H13N3O4. The molecule has 0 radical (unpaired) electrons. The minimum absolute atomic E-state index is 0.00806. The zero-order valence-electron chi connectivity index (χ0n) is 10.3. The molecule has 0 fully saturated rings. The molecule has 1 rings (SSSR count). The van der Waals surface area contributed by atoms with Crippen molar-refractivity contribution in [1.82, 2.24) is 4.90 Å². The predicted octanol–water partition coefficient (Wildman–Crippen LogP) is 1.47. The molecule has 0 unspecified atom stereocenters. The number of phenols is 1. The fraction of sp³-hybridized carbons (Fsp3) is 0.250. The normalized spacial score (nSPS) is 9.47. The summed E-state index contributed by atoms with van der Waals surface area (Å²) in [7, 11) is 1.49. The van der Waals surface area contributed by atoms with Gasteiger partial charge in [0.15, 0.2) is 5.75 Å². The Balaban J connectivity index is 2.83. The van der Waals surface area contributed by atoms with E-state index in [9.17, 15) is 14.7 Å². The number of anilines is 1. The summed E-state index contributed by atoms with van der Waals surface area (Å²) in [6.45, 7) is 0.238. The Morgan fingerprint density at radius 1 is 1.47 bits per heavy atom. The van der Waals surface area contributed by atoms with Crippen LogP contribution in [0.3, 0.4) is 0 Å². The van der Waals surface area contributed by atoms with Crippen LogP contribution in [0.5, 0.6) is 5.75 Å². The molecule has 3 N–H and O–H groups in total. The number of nitrogens with zero attached hydrogens (tertiary/aromatic N) is 2. The van der Waals surface area contributed by atoms with Gasteiger partial charge in [0.1, 0.15) is 5.56 Å². The quantitative estimate of drug-likeness (QED) is 0.712. The number of amides is 2. The average Bonchev–Trinajstić information content (AvgIpc) is 2.37. The van der Waals surface area contributed by atoms with Crippen molar-refractivity contribution in [1.29, 1.82) is 5.26 Å². The number of nitriles is 1.